The Morgan fingerprint density at radius 3 is 2.48 bits per heavy atom. The standard InChI is InChI=1S/C20H22N2O2S/c1-2-16-13-20(16,21)12-15-14-22(19-11-7-6-10-18(15)19)25(23,24)17-8-4-3-5-9-17/h3-11,14,16H,2,12-13,21H2,1H3. The highest BCUT2D eigenvalue weighted by Crippen LogP contribution is 2.46. The number of para-hydroxylation sites is 1. The Morgan fingerprint density at radius 1 is 1.12 bits per heavy atom. The molecule has 1 heterocycles. The molecule has 1 fully saturated rings. The zero-order valence-electron chi connectivity index (χ0n) is 14.2. The van der Waals surface area contributed by atoms with Crippen molar-refractivity contribution in [2.75, 3.05) is 0 Å². The van der Waals surface area contributed by atoms with E-state index in [2.05, 4.69) is 6.92 Å². The molecule has 2 aromatic carbocycles. The number of hydrogen-bond donors (Lipinski definition) is 1. The maximum absolute atomic E-state index is 13.1. The maximum Gasteiger partial charge on any atom is 0.268 e. The predicted octanol–water partition coefficient (Wildman–Crippen LogP) is 3.55. The highest BCUT2D eigenvalue weighted by molar-refractivity contribution is 7.90. The molecule has 25 heavy (non-hydrogen) atoms. The van der Waals surface area contributed by atoms with E-state index in [1.165, 1.54) is 3.97 Å². The molecular formula is C20H22N2O2S. The third-order valence-corrected chi connectivity index (χ3v) is 7.04. The van der Waals surface area contributed by atoms with Gasteiger partial charge in [-0.2, -0.15) is 0 Å². The molecule has 4 nitrogen and oxygen atoms in total. The third-order valence-electron chi connectivity index (χ3n) is 5.35. The van der Waals surface area contributed by atoms with Gasteiger partial charge >= 0.3 is 0 Å². The molecule has 1 aromatic heterocycles. The van der Waals surface area contributed by atoms with Crippen molar-refractivity contribution < 1.29 is 8.42 Å². The van der Waals surface area contributed by atoms with Crippen LogP contribution in [-0.4, -0.2) is 17.9 Å². The van der Waals surface area contributed by atoms with E-state index in [4.69, 9.17) is 5.73 Å². The predicted molar refractivity (Wildman–Crippen MR) is 100.0 cm³/mol. The van der Waals surface area contributed by atoms with Crippen LogP contribution in [0.1, 0.15) is 25.3 Å². The molecule has 4 rings (SSSR count). The third kappa shape index (κ3) is 2.68. The number of rotatable bonds is 5. The zero-order valence-corrected chi connectivity index (χ0v) is 15.0. The van der Waals surface area contributed by atoms with Gasteiger partial charge in [0.2, 0.25) is 0 Å². The summed E-state index contributed by atoms with van der Waals surface area (Å²) in [5.41, 5.74) is 8.02. The van der Waals surface area contributed by atoms with Crippen LogP contribution in [0, 0.1) is 5.92 Å². The van der Waals surface area contributed by atoms with Gasteiger partial charge in [-0.25, -0.2) is 12.4 Å². The second kappa shape index (κ2) is 5.71. The highest BCUT2D eigenvalue weighted by atomic mass is 32.2. The van der Waals surface area contributed by atoms with Crippen LogP contribution in [0.5, 0.6) is 0 Å². The van der Waals surface area contributed by atoms with Crippen molar-refractivity contribution >= 4 is 20.9 Å². The number of nitrogens with two attached hydrogens (primary N) is 1. The van der Waals surface area contributed by atoms with E-state index in [9.17, 15) is 8.42 Å². The minimum atomic E-state index is -3.62. The minimum absolute atomic E-state index is 0.194. The van der Waals surface area contributed by atoms with Crippen molar-refractivity contribution in [1.82, 2.24) is 3.97 Å². The summed E-state index contributed by atoms with van der Waals surface area (Å²) in [6.45, 7) is 2.16. The van der Waals surface area contributed by atoms with Gasteiger partial charge in [0.1, 0.15) is 0 Å². The van der Waals surface area contributed by atoms with Crippen molar-refractivity contribution in [2.45, 2.75) is 36.6 Å². The lowest BCUT2D eigenvalue weighted by Crippen LogP contribution is -2.27. The molecule has 1 aliphatic carbocycles. The molecule has 2 unspecified atom stereocenters. The van der Waals surface area contributed by atoms with Crippen LogP contribution in [0.15, 0.2) is 65.7 Å². The SMILES string of the molecule is CCC1CC1(N)Cc1cn(S(=O)(=O)c2ccccc2)c2ccccc12. The summed E-state index contributed by atoms with van der Waals surface area (Å²) in [4.78, 5) is 0.294. The normalized spacial score (nSPS) is 23.0. The van der Waals surface area contributed by atoms with Gasteiger partial charge in [0, 0.05) is 17.1 Å². The average Bonchev–Trinajstić information content (AvgIpc) is 3.14. The molecule has 0 radical (unpaired) electrons. The summed E-state index contributed by atoms with van der Waals surface area (Å²) in [5.74, 6) is 0.528. The van der Waals surface area contributed by atoms with E-state index in [0.29, 0.717) is 22.8 Å². The highest BCUT2D eigenvalue weighted by Gasteiger charge is 2.49. The van der Waals surface area contributed by atoms with Crippen LogP contribution in [0.4, 0.5) is 0 Å². The van der Waals surface area contributed by atoms with Crippen LogP contribution in [0.2, 0.25) is 0 Å². The molecule has 0 aliphatic heterocycles. The van der Waals surface area contributed by atoms with Crippen molar-refractivity contribution in [3.8, 4) is 0 Å². The van der Waals surface area contributed by atoms with Gasteiger partial charge in [0.25, 0.3) is 10.0 Å². The lowest BCUT2D eigenvalue weighted by Gasteiger charge is -2.10. The van der Waals surface area contributed by atoms with Crippen molar-refractivity contribution in [3.63, 3.8) is 0 Å². The van der Waals surface area contributed by atoms with Gasteiger partial charge in [0.15, 0.2) is 0 Å². The molecular weight excluding hydrogens is 332 g/mol. The van der Waals surface area contributed by atoms with Gasteiger partial charge in [-0.3, -0.25) is 0 Å². The van der Waals surface area contributed by atoms with Crippen LogP contribution in [0.25, 0.3) is 10.9 Å². The number of aromatic nitrogens is 1. The molecule has 2 N–H and O–H groups in total. The van der Waals surface area contributed by atoms with Crippen molar-refractivity contribution in [2.24, 2.45) is 11.7 Å². The number of hydrogen-bond acceptors (Lipinski definition) is 3. The smallest absolute Gasteiger partial charge is 0.268 e. The van der Waals surface area contributed by atoms with Crippen LogP contribution in [-0.2, 0) is 16.4 Å². The summed E-state index contributed by atoms with van der Waals surface area (Å²) in [7, 11) is -3.62. The quantitative estimate of drug-likeness (QED) is 0.762. The minimum Gasteiger partial charge on any atom is -0.325 e. The topological polar surface area (TPSA) is 65.1 Å². The molecule has 0 bridgehead atoms. The van der Waals surface area contributed by atoms with Crippen molar-refractivity contribution in [3.05, 3.63) is 66.4 Å². The number of benzene rings is 2. The summed E-state index contributed by atoms with van der Waals surface area (Å²) in [5, 5.41) is 0.966. The molecule has 2 atom stereocenters. The first-order chi connectivity index (χ1) is 12.0. The fourth-order valence-corrected chi connectivity index (χ4v) is 5.20. The summed E-state index contributed by atoms with van der Waals surface area (Å²) in [6, 6.07) is 16.2. The first-order valence-corrected chi connectivity index (χ1v) is 10.1. The molecule has 3 aromatic rings. The largest absolute Gasteiger partial charge is 0.325 e. The lowest BCUT2D eigenvalue weighted by molar-refractivity contribution is 0.578. The van der Waals surface area contributed by atoms with Crippen LogP contribution in [0.3, 0.4) is 0 Å². The Hall–Kier alpha value is -2.11. The number of nitrogens with zero attached hydrogens (tertiary/aromatic N) is 1. The molecule has 0 saturated heterocycles. The Balaban J connectivity index is 1.84. The number of fused-ring (bicyclic) bond motifs is 1. The summed E-state index contributed by atoms with van der Waals surface area (Å²) >= 11 is 0. The van der Waals surface area contributed by atoms with Gasteiger partial charge in [-0.1, -0.05) is 49.7 Å². The average molecular weight is 354 g/mol. The first-order valence-electron chi connectivity index (χ1n) is 8.64. The van der Waals surface area contributed by atoms with E-state index >= 15 is 0 Å². The molecule has 0 amide bonds. The molecule has 1 saturated carbocycles. The Morgan fingerprint density at radius 2 is 1.80 bits per heavy atom. The maximum atomic E-state index is 13.1. The fraction of sp³-hybridized carbons (Fsp3) is 0.300. The Bertz CT molecular complexity index is 1020. The summed E-state index contributed by atoms with van der Waals surface area (Å²) < 4.78 is 27.6. The fourth-order valence-electron chi connectivity index (χ4n) is 3.79. The van der Waals surface area contributed by atoms with Gasteiger partial charge in [-0.15, -0.1) is 0 Å². The molecule has 1 aliphatic rings. The zero-order chi connectivity index (χ0) is 17.7. The van der Waals surface area contributed by atoms with Crippen molar-refractivity contribution in [1.29, 1.82) is 0 Å². The lowest BCUT2D eigenvalue weighted by atomic mass is 10.0. The van der Waals surface area contributed by atoms with Gasteiger partial charge in [0.05, 0.1) is 10.4 Å². The van der Waals surface area contributed by atoms with E-state index in [1.807, 2.05) is 30.3 Å². The molecule has 130 valence electrons. The monoisotopic (exact) mass is 354 g/mol. The first kappa shape index (κ1) is 16.4. The Kier molecular flexibility index (Phi) is 3.74. The van der Waals surface area contributed by atoms with E-state index in [1.54, 1.807) is 30.5 Å². The van der Waals surface area contributed by atoms with Crippen LogP contribution < -0.4 is 5.73 Å². The molecule has 0 spiro atoms. The Labute approximate surface area is 148 Å². The van der Waals surface area contributed by atoms with E-state index < -0.39 is 10.0 Å². The second-order valence-corrected chi connectivity index (χ2v) is 8.82. The van der Waals surface area contributed by atoms with Crippen LogP contribution >= 0.6 is 0 Å². The van der Waals surface area contributed by atoms with Gasteiger partial charge in [-0.05, 0) is 42.5 Å². The van der Waals surface area contributed by atoms with Gasteiger partial charge < -0.3 is 5.73 Å². The summed E-state index contributed by atoms with van der Waals surface area (Å²) in [6.07, 6.45) is 4.54. The van der Waals surface area contributed by atoms with E-state index in [-0.39, 0.29) is 5.54 Å². The van der Waals surface area contributed by atoms with E-state index in [0.717, 1.165) is 23.8 Å². The second-order valence-electron chi connectivity index (χ2n) is 7.00. The molecule has 5 heteroatoms.